The zero-order valence-electron chi connectivity index (χ0n) is 18.6. The van der Waals surface area contributed by atoms with Gasteiger partial charge in [0, 0.05) is 37.5 Å². The van der Waals surface area contributed by atoms with Gasteiger partial charge in [0.15, 0.2) is 0 Å². The smallest absolute Gasteiger partial charge is 0.251 e. The molecule has 0 spiro atoms. The van der Waals surface area contributed by atoms with Crippen LogP contribution in [0.5, 0.6) is 5.75 Å². The lowest BCUT2D eigenvalue weighted by Gasteiger charge is -2.31. The molecule has 0 bridgehead atoms. The second-order valence-corrected chi connectivity index (χ2v) is 9.02. The standard InChI is InChI=1S/C24H32N4O3/c1-16-5-4-10-27(12-16)15-24(30)28-13-20(18-6-8-19(31-3)9-7-18)21(14-28)22-11-23(29)26-17(2)25-22/h6-9,11,16,20-21H,4-5,10,12-15H2,1-3H3,(H,25,26,29)/t16-,20+,21-/m1/s1. The normalized spacial score (nSPS) is 24.4. The fourth-order valence-electron chi connectivity index (χ4n) is 5.01. The number of rotatable bonds is 5. The minimum absolute atomic E-state index is 0.0152. The van der Waals surface area contributed by atoms with E-state index in [0.717, 1.165) is 36.5 Å². The van der Waals surface area contributed by atoms with E-state index in [0.29, 0.717) is 31.4 Å². The molecule has 0 unspecified atom stereocenters. The Morgan fingerprint density at radius 3 is 2.61 bits per heavy atom. The third-order valence-electron chi connectivity index (χ3n) is 6.58. The second kappa shape index (κ2) is 9.22. The van der Waals surface area contributed by atoms with Gasteiger partial charge in [-0.15, -0.1) is 0 Å². The molecule has 2 fully saturated rings. The van der Waals surface area contributed by atoms with E-state index < -0.39 is 0 Å². The van der Waals surface area contributed by atoms with Crippen molar-refractivity contribution in [1.29, 1.82) is 0 Å². The van der Waals surface area contributed by atoms with Gasteiger partial charge in [0.25, 0.3) is 5.56 Å². The van der Waals surface area contributed by atoms with Crippen molar-refractivity contribution in [2.75, 3.05) is 39.8 Å². The summed E-state index contributed by atoms with van der Waals surface area (Å²) in [4.78, 5) is 36.9. The third-order valence-corrected chi connectivity index (χ3v) is 6.58. The fraction of sp³-hybridized carbons (Fsp3) is 0.542. The number of methoxy groups -OCH3 is 1. The number of carbonyl (C=O) groups is 1. The molecule has 0 aliphatic carbocycles. The molecule has 2 aromatic rings. The van der Waals surface area contributed by atoms with E-state index in [9.17, 15) is 9.59 Å². The van der Waals surface area contributed by atoms with Crippen molar-refractivity contribution in [3.8, 4) is 5.75 Å². The number of benzene rings is 1. The Morgan fingerprint density at radius 2 is 1.94 bits per heavy atom. The number of hydrogen-bond donors (Lipinski definition) is 1. The number of H-pyrrole nitrogens is 1. The molecule has 7 nitrogen and oxygen atoms in total. The Labute approximate surface area is 183 Å². The molecule has 2 saturated heterocycles. The highest BCUT2D eigenvalue weighted by atomic mass is 16.5. The molecule has 3 atom stereocenters. The van der Waals surface area contributed by atoms with Crippen LogP contribution in [-0.2, 0) is 4.79 Å². The molecule has 1 N–H and O–H groups in total. The Kier molecular flexibility index (Phi) is 6.41. The Hall–Kier alpha value is -2.67. The number of aryl methyl sites for hydroxylation is 1. The van der Waals surface area contributed by atoms with E-state index in [-0.39, 0.29) is 23.3 Å². The summed E-state index contributed by atoms with van der Waals surface area (Å²) in [6.45, 7) is 7.70. The second-order valence-electron chi connectivity index (χ2n) is 9.02. The van der Waals surface area contributed by atoms with E-state index in [2.05, 4.69) is 33.9 Å². The van der Waals surface area contributed by atoms with Crippen LogP contribution in [-0.4, -0.2) is 65.5 Å². The van der Waals surface area contributed by atoms with Gasteiger partial charge in [-0.3, -0.25) is 14.5 Å². The van der Waals surface area contributed by atoms with Crippen molar-refractivity contribution in [2.45, 2.75) is 38.5 Å². The highest BCUT2D eigenvalue weighted by Gasteiger charge is 2.38. The monoisotopic (exact) mass is 424 g/mol. The lowest BCUT2D eigenvalue weighted by Crippen LogP contribution is -2.43. The summed E-state index contributed by atoms with van der Waals surface area (Å²) < 4.78 is 5.30. The van der Waals surface area contributed by atoms with Gasteiger partial charge in [-0.25, -0.2) is 4.98 Å². The van der Waals surface area contributed by atoms with Crippen molar-refractivity contribution >= 4 is 5.91 Å². The highest BCUT2D eigenvalue weighted by Crippen LogP contribution is 2.39. The maximum absolute atomic E-state index is 13.2. The number of likely N-dealkylation sites (tertiary alicyclic amines) is 2. The van der Waals surface area contributed by atoms with Crippen molar-refractivity contribution < 1.29 is 9.53 Å². The van der Waals surface area contributed by atoms with Gasteiger partial charge >= 0.3 is 0 Å². The molecule has 0 saturated carbocycles. The predicted octanol–water partition coefficient (Wildman–Crippen LogP) is 2.53. The van der Waals surface area contributed by atoms with Gasteiger partial charge in [-0.1, -0.05) is 19.1 Å². The number of aromatic amines is 1. The number of nitrogens with one attached hydrogen (secondary N) is 1. The molecular weight excluding hydrogens is 392 g/mol. The van der Waals surface area contributed by atoms with Crippen LogP contribution in [0, 0.1) is 12.8 Å². The summed E-state index contributed by atoms with van der Waals surface area (Å²) in [5.41, 5.74) is 1.74. The quantitative estimate of drug-likeness (QED) is 0.798. The number of hydrogen-bond acceptors (Lipinski definition) is 5. The first kappa shape index (κ1) is 21.6. The number of aromatic nitrogens is 2. The van der Waals surface area contributed by atoms with E-state index in [4.69, 9.17) is 4.74 Å². The van der Waals surface area contributed by atoms with Crippen LogP contribution in [0.2, 0.25) is 0 Å². The van der Waals surface area contributed by atoms with Gasteiger partial charge in [0.1, 0.15) is 11.6 Å². The first-order valence-electron chi connectivity index (χ1n) is 11.1. The van der Waals surface area contributed by atoms with Crippen LogP contribution in [0.1, 0.15) is 48.7 Å². The van der Waals surface area contributed by atoms with Crippen molar-refractivity contribution in [1.82, 2.24) is 19.8 Å². The summed E-state index contributed by atoms with van der Waals surface area (Å²) in [7, 11) is 1.65. The van der Waals surface area contributed by atoms with E-state index in [1.54, 1.807) is 20.1 Å². The molecule has 31 heavy (non-hydrogen) atoms. The average Bonchev–Trinajstić information content (AvgIpc) is 3.19. The van der Waals surface area contributed by atoms with Crippen LogP contribution >= 0.6 is 0 Å². The third kappa shape index (κ3) is 4.98. The van der Waals surface area contributed by atoms with Crippen molar-refractivity contribution in [3.63, 3.8) is 0 Å². The van der Waals surface area contributed by atoms with Crippen LogP contribution in [0.3, 0.4) is 0 Å². The molecule has 2 aliphatic rings. The Morgan fingerprint density at radius 1 is 1.19 bits per heavy atom. The van der Waals surface area contributed by atoms with Crippen LogP contribution in [0.15, 0.2) is 35.1 Å². The van der Waals surface area contributed by atoms with Crippen molar-refractivity contribution in [2.24, 2.45) is 5.92 Å². The maximum atomic E-state index is 13.2. The molecule has 0 radical (unpaired) electrons. The number of ether oxygens (including phenoxy) is 1. The van der Waals surface area contributed by atoms with Crippen molar-refractivity contribution in [3.05, 3.63) is 57.8 Å². The Bertz CT molecular complexity index is 972. The zero-order valence-corrected chi connectivity index (χ0v) is 18.6. The zero-order chi connectivity index (χ0) is 22.0. The van der Waals surface area contributed by atoms with Gasteiger partial charge in [-0.2, -0.15) is 0 Å². The molecular formula is C24H32N4O3. The van der Waals surface area contributed by atoms with E-state index in [1.165, 1.54) is 6.42 Å². The van der Waals surface area contributed by atoms with Gasteiger partial charge < -0.3 is 14.6 Å². The minimum Gasteiger partial charge on any atom is -0.497 e. The van der Waals surface area contributed by atoms with Gasteiger partial charge in [-0.05, 0) is 49.9 Å². The first-order chi connectivity index (χ1) is 14.9. The molecule has 1 aromatic carbocycles. The largest absolute Gasteiger partial charge is 0.497 e. The van der Waals surface area contributed by atoms with Gasteiger partial charge in [0.2, 0.25) is 5.91 Å². The van der Waals surface area contributed by atoms with Crippen LogP contribution in [0.4, 0.5) is 0 Å². The predicted molar refractivity (Wildman–Crippen MR) is 119 cm³/mol. The van der Waals surface area contributed by atoms with E-state index in [1.807, 2.05) is 17.0 Å². The summed E-state index contributed by atoms with van der Waals surface area (Å²) >= 11 is 0. The molecule has 1 aromatic heterocycles. The van der Waals surface area contributed by atoms with Crippen LogP contribution in [0.25, 0.3) is 0 Å². The maximum Gasteiger partial charge on any atom is 0.251 e. The highest BCUT2D eigenvalue weighted by molar-refractivity contribution is 5.79. The average molecular weight is 425 g/mol. The molecule has 166 valence electrons. The topological polar surface area (TPSA) is 78.5 Å². The summed E-state index contributed by atoms with van der Waals surface area (Å²) in [6, 6.07) is 9.58. The lowest BCUT2D eigenvalue weighted by molar-refractivity contribution is -0.131. The SMILES string of the molecule is COc1ccc([C@@H]2CN(C(=O)CN3CCC[C@@H](C)C3)C[C@H]2c2cc(=O)[nH]c(C)n2)cc1. The number of piperidine rings is 1. The number of amides is 1. The van der Waals surface area contributed by atoms with Gasteiger partial charge in [0.05, 0.1) is 19.3 Å². The first-order valence-corrected chi connectivity index (χ1v) is 11.1. The molecule has 4 rings (SSSR count). The molecule has 2 aliphatic heterocycles. The summed E-state index contributed by atoms with van der Waals surface area (Å²) in [5, 5.41) is 0. The number of carbonyl (C=O) groups excluding carboxylic acids is 1. The van der Waals surface area contributed by atoms with E-state index >= 15 is 0 Å². The van der Waals surface area contributed by atoms with Crippen LogP contribution < -0.4 is 10.3 Å². The molecule has 3 heterocycles. The molecule has 1 amide bonds. The summed E-state index contributed by atoms with van der Waals surface area (Å²) in [6.07, 6.45) is 2.39. The Balaban J connectivity index is 1.57. The molecule has 7 heteroatoms. The fourth-order valence-corrected chi connectivity index (χ4v) is 5.01. The minimum atomic E-state index is -0.150. The number of nitrogens with zero attached hydrogens (tertiary/aromatic N) is 3. The lowest BCUT2D eigenvalue weighted by atomic mass is 9.86. The summed E-state index contributed by atoms with van der Waals surface area (Å²) in [5.74, 6) is 2.28.